The van der Waals surface area contributed by atoms with Crippen LogP contribution in [-0.4, -0.2) is 0 Å². The van der Waals surface area contributed by atoms with Crippen LogP contribution >= 0.6 is 0 Å². The average Bonchev–Trinajstić information content (AvgIpc) is 2.26. The van der Waals surface area contributed by atoms with Gasteiger partial charge in [0.05, 0.1) is 0 Å². The van der Waals surface area contributed by atoms with E-state index in [1.165, 1.54) is 31.2 Å². The molecule has 0 amide bonds. The normalized spacial score (nSPS) is 11.9. The smallest absolute Gasteiger partial charge is 0.494 e. The molecule has 0 bridgehead atoms. The summed E-state index contributed by atoms with van der Waals surface area (Å²) < 4.78 is 0. The molecule has 1 aromatic carbocycles. The van der Waals surface area contributed by atoms with Gasteiger partial charge in [-0.2, -0.15) is 6.42 Å². The molecule has 0 aromatic heterocycles. The van der Waals surface area contributed by atoms with E-state index in [1.54, 1.807) is 0 Å². The topological polar surface area (TPSA) is 0 Å². The Morgan fingerprint density at radius 3 is 2.33 bits per heavy atom. The zero-order valence-corrected chi connectivity index (χ0v) is 10.1. The fraction of sp³-hybridized carbons (Fsp3) is 0.500. The molecular formula is C14H20Li. The molecule has 0 nitrogen and oxygen atoms in total. The summed E-state index contributed by atoms with van der Waals surface area (Å²) in [6, 6.07) is 10.6. The summed E-state index contributed by atoms with van der Waals surface area (Å²) in [6.07, 6.45) is 5.91. The Hall–Kier alpha value is -0.183. The molecule has 77 valence electrons. The van der Waals surface area contributed by atoms with E-state index >= 15 is 0 Å². The summed E-state index contributed by atoms with van der Waals surface area (Å²) in [5.74, 6) is 0.558. The zero-order chi connectivity index (χ0) is 10.2. The van der Waals surface area contributed by atoms with E-state index in [1.807, 2.05) is 0 Å². The number of hydrogen-bond donors (Lipinski definition) is 0. The summed E-state index contributed by atoms with van der Waals surface area (Å²) in [6.45, 7) is 8.02. The average molecular weight is 195 g/mol. The van der Waals surface area contributed by atoms with Crippen molar-refractivity contribution >= 4 is 0 Å². The molecule has 0 aliphatic carbocycles. The van der Waals surface area contributed by atoms with Crippen LogP contribution < -0.4 is 18.9 Å². The number of benzene rings is 1. The van der Waals surface area contributed by atoms with Gasteiger partial charge in [-0.3, -0.25) is 0 Å². The van der Waals surface area contributed by atoms with Crippen LogP contribution in [-0.2, 0) is 0 Å². The summed E-state index contributed by atoms with van der Waals surface area (Å²) >= 11 is 0. The van der Waals surface area contributed by atoms with E-state index in [0.717, 1.165) is 6.42 Å². The van der Waals surface area contributed by atoms with Gasteiger partial charge in [0.1, 0.15) is 0 Å². The first kappa shape index (κ1) is 14.8. The Balaban J connectivity index is 0.00000196. The molecule has 1 atom stereocenters. The molecule has 0 aliphatic heterocycles. The maximum Gasteiger partial charge on any atom is 1.00 e. The zero-order valence-electron chi connectivity index (χ0n) is 10.1. The third kappa shape index (κ3) is 5.45. The maximum absolute atomic E-state index is 5.79. The van der Waals surface area contributed by atoms with Gasteiger partial charge in [0.2, 0.25) is 0 Å². The molecule has 1 rings (SSSR count). The minimum atomic E-state index is 0. The molecule has 0 spiro atoms. The van der Waals surface area contributed by atoms with Crippen LogP contribution in [0.5, 0.6) is 0 Å². The minimum absolute atomic E-state index is 0. The van der Waals surface area contributed by atoms with Gasteiger partial charge in [-0.05, 0) is 17.9 Å². The Kier molecular flexibility index (Phi) is 8.96. The van der Waals surface area contributed by atoms with Crippen LogP contribution in [0.15, 0.2) is 30.3 Å². The van der Waals surface area contributed by atoms with Gasteiger partial charge >= 0.3 is 18.9 Å². The molecular weight excluding hydrogens is 175 g/mol. The third-order valence-electron chi connectivity index (χ3n) is 2.71. The standard InChI is InChI=1S/C14H20.Li/c1-3-5-7-10-13(4-2)14-11-8-6-9-12-14;/h2,6,8-9,11-13H,3-5,7,10H2,1H3;/q-1;+1. The van der Waals surface area contributed by atoms with Crippen molar-refractivity contribution in [3.8, 4) is 0 Å². The quantitative estimate of drug-likeness (QED) is 0.366. The molecule has 1 unspecified atom stereocenters. The van der Waals surface area contributed by atoms with Crippen LogP contribution in [0.1, 0.15) is 50.5 Å². The fourth-order valence-corrected chi connectivity index (χ4v) is 1.79. The SMILES string of the molecule is [CH-]CC(CCCCC)c1ccccc1.[Li+]. The number of rotatable bonds is 6. The van der Waals surface area contributed by atoms with Crippen molar-refractivity contribution in [3.05, 3.63) is 42.8 Å². The van der Waals surface area contributed by atoms with Crippen LogP contribution in [0.2, 0.25) is 0 Å². The van der Waals surface area contributed by atoms with E-state index < -0.39 is 0 Å². The fourth-order valence-electron chi connectivity index (χ4n) is 1.79. The second kappa shape index (κ2) is 9.07. The first-order valence-electron chi connectivity index (χ1n) is 5.63. The number of unbranched alkanes of at least 4 members (excludes halogenated alkanes) is 2. The Morgan fingerprint density at radius 2 is 1.80 bits per heavy atom. The predicted octanol–water partition coefficient (Wildman–Crippen LogP) is 1.46. The molecule has 0 fully saturated rings. The predicted molar refractivity (Wildman–Crippen MR) is 62.2 cm³/mol. The molecule has 0 N–H and O–H groups in total. The van der Waals surface area contributed by atoms with E-state index in [9.17, 15) is 0 Å². The summed E-state index contributed by atoms with van der Waals surface area (Å²) in [7, 11) is 0. The summed E-state index contributed by atoms with van der Waals surface area (Å²) in [4.78, 5) is 0. The van der Waals surface area contributed by atoms with Crippen molar-refractivity contribution in [1.82, 2.24) is 0 Å². The van der Waals surface area contributed by atoms with Gasteiger partial charge in [-0.25, -0.2) is 0 Å². The third-order valence-corrected chi connectivity index (χ3v) is 2.71. The van der Waals surface area contributed by atoms with Gasteiger partial charge in [-0.15, -0.1) is 0 Å². The second-order valence-electron chi connectivity index (χ2n) is 3.84. The van der Waals surface area contributed by atoms with Crippen molar-refractivity contribution in [2.45, 2.75) is 44.9 Å². The van der Waals surface area contributed by atoms with Gasteiger partial charge in [0.15, 0.2) is 0 Å². The molecule has 0 heterocycles. The Bertz CT molecular complexity index is 230. The monoisotopic (exact) mass is 195 g/mol. The largest absolute Gasteiger partial charge is 1.00 e. The van der Waals surface area contributed by atoms with Crippen LogP contribution in [0.3, 0.4) is 0 Å². The molecule has 0 saturated carbocycles. The molecule has 1 radical (unpaired) electrons. The van der Waals surface area contributed by atoms with Crippen LogP contribution in [0.25, 0.3) is 0 Å². The van der Waals surface area contributed by atoms with Crippen molar-refractivity contribution in [1.29, 1.82) is 0 Å². The van der Waals surface area contributed by atoms with Gasteiger partial charge in [0, 0.05) is 0 Å². The van der Waals surface area contributed by atoms with Gasteiger partial charge in [0.25, 0.3) is 0 Å². The van der Waals surface area contributed by atoms with Crippen molar-refractivity contribution in [2.24, 2.45) is 0 Å². The first-order chi connectivity index (χ1) is 6.88. The number of hydrogen-bond acceptors (Lipinski definition) is 0. The molecule has 0 saturated heterocycles. The van der Waals surface area contributed by atoms with Gasteiger partial charge < -0.3 is 6.92 Å². The van der Waals surface area contributed by atoms with Gasteiger partial charge in [-0.1, -0.05) is 56.5 Å². The molecule has 1 aromatic rings. The second-order valence-corrected chi connectivity index (χ2v) is 3.84. The van der Waals surface area contributed by atoms with Crippen molar-refractivity contribution in [3.63, 3.8) is 0 Å². The van der Waals surface area contributed by atoms with Crippen LogP contribution in [0, 0.1) is 6.92 Å². The van der Waals surface area contributed by atoms with E-state index in [0.29, 0.717) is 5.92 Å². The minimum Gasteiger partial charge on any atom is -0.494 e. The van der Waals surface area contributed by atoms with Crippen molar-refractivity contribution < 1.29 is 18.9 Å². The Morgan fingerprint density at radius 1 is 1.13 bits per heavy atom. The molecule has 0 aliphatic rings. The van der Waals surface area contributed by atoms with E-state index in [4.69, 9.17) is 6.92 Å². The summed E-state index contributed by atoms with van der Waals surface area (Å²) in [5, 5.41) is 0. The van der Waals surface area contributed by atoms with Crippen LogP contribution in [0.4, 0.5) is 0 Å². The van der Waals surface area contributed by atoms with E-state index in [2.05, 4.69) is 37.3 Å². The molecule has 1 heteroatoms. The molecule has 15 heavy (non-hydrogen) atoms. The Labute approximate surface area is 107 Å². The first-order valence-corrected chi connectivity index (χ1v) is 5.63. The van der Waals surface area contributed by atoms with E-state index in [-0.39, 0.29) is 18.9 Å². The van der Waals surface area contributed by atoms with Crippen molar-refractivity contribution in [2.75, 3.05) is 0 Å². The maximum atomic E-state index is 5.79. The summed E-state index contributed by atoms with van der Waals surface area (Å²) in [5.41, 5.74) is 1.39.